The molecule has 0 aliphatic heterocycles. The third kappa shape index (κ3) is 2.87. The fourth-order valence-corrected chi connectivity index (χ4v) is 3.21. The molecule has 0 saturated heterocycles. The number of anilines is 1. The van der Waals surface area contributed by atoms with Gasteiger partial charge in [-0.15, -0.1) is 0 Å². The number of aromatic nitrogens is 3. The van der Waals surface area contributed by atoms with Crippen LogP contribution in [0.5, 0.6) is 0 Å². The summed E-state index contributed by atoms with van der Waals surface area (Å²) in [5.41, 5.74) is 3.49. The Hall–Kier alpha value is -1.26. The van der Waals surface area contributed by atoms with Gasteiger partial charge in [-0.1, -0.05) is 23.2 Å². The zero-order valence-corrected chi connectivity index (χ0v) is 13.7. The van der Waals surface area contributed by atoms with Gasteiger partial charge in [0.15, 0.2) is 0 Å². The third-order valence-electron chi connectivity index (χ3n) is 3.95. The van der Waals surface area contributed by atoms with E-state index in [1.54, 1.807) is 0 Å². The summed E-state index contributed by atoms with van der Waals surface area (Å²) in [4.78, 5) is 9.13. The summed E-state index contributed by atoms with van der Waals surface area (Å²) < 4.78 is 1.89. The van der Waals surface area contributed by atoms with Crippen molar-refractivity contribution in [3.05, 3.63) is 39.0 Å². The quantitative estimate of drug-likeness (QED) is 0.930. The molecule has 1 N–H and O–H groups in total. The maximum Gasteiger partial charge on any atom is 0.133 e. The van der Waals surface area contributed by atoms with E-state index in [0.717, 1.165) is 30.2 Å². The smallest absolute Gasteiger partial charge is 0.133 e. The van der Waals surface area contributed by atoms with Gasteiger partial charge in [0.25, 0.3) is 0 Å². The van der Waals surface area contributed by atoms with Gasteiger partial charge >= 0.3 is 0 Å². The zero-order chi connectivity index (χ0) is 15.0. The van der Waals surface area contributed by atoms with E-state index in [9.17, 15) is 0 Å². The molecular weight excluding hydrogens is 307 g/mol. The van der Waals surface area contributed by atoms with Gasteiger partial charge in [0.2, 0.25) is 0 Å². The molecule has 2 aromatic heterocycles. The van der Waals surface area contributed by atoms with Crippen LogP contribution in [0.3, 0.4) is 0 Å². The van der Waals surface area contributed by atoms with Crippen molar-refractivity contribution in [2.75, 3.05) is 5.32 Å². The van der Waals surface area contributed by atoms with E-state index in [4.69, 9.17) is 23.2 Å². The van der Waals surface area contributed by atoms with Gasteiger partial charge in [-0.25, -0.2) is 9.97 Å². The molecule has 0 unspecified atom stereocenters. The van der Waals surface area contributed by atoms with Gasteiger partial charge in [-0.2, -0.15) is 0 Å². The number of nitrogens with zero attached hydrogens (tertiary/aromatic N) is 3. The molecule has 112 valence electrons. The molecule has 0 fully saturated rings. The number of hydrogen-bond donors (Lipinski definition) is 1. The number of hydrogen-bond acceptors (Lipinski definition) is 3. The van der Waals surface area contributed by atoms with Crippen LogP contribution in [0.1, 0.15) is 35.6 Å². The van der Waals surface area contributed by atoms with Gasteiger partial charge < -0.3 is 9.88 Å². The average Bonchev–Trinajstić information content (AvgIpc) is 2.72. The van der Waals surface area contributed by atoms with E-state index in [1.807, 2.05) is 24.6 Å². The van der Waals surface area contributed by atoms with Crippen molar-refractivity contribution in [2.24, 2.45) is 7.05 Å². The van der Waals surface area contributed by atoms with Crippen LogP contribution >= 0.6 is 23.2 Å². The Morgan fingerprint density at radius 3 is 2.71 bits per heavy atom. The van der Waals surface area contributed by atoms with Crippen LogP contribution in [0.25, 0.3) is 0 Å². The highest BCUT2D eigenvalue weighted by Gasteiger charge is 2.17. The van der Waals surface area contributed by atoms with Gasteiger partial charge in [-0.05, 0) is 38.7 Å². The monoisotopic (exact) mass is 324 g/mol. The molecule has 21 heavy (non-hydrogen) atoms. The van der Waals surface area contributed by atoms with Crippen LogP contribution in [0, 0.1) is 6.92 Å². The second kappa shape index (κ2) is 5.85. The minimum Gasteiger partial charge on any atom is -0.364 e. The van der Waals surface area contributed by atoms with E-state index in [0.29, 0.717) is 16.7 Å². The fraction of sp³-hybridized carbons (Fsp3) is 0.467. The predicted molar refractivity (Wildman–Crippen MR) is 86.2 cm³/mol. The third-order valence-corrected chi connectivity index (χ3v) is 4.79. The first-order valence-corrected chi connectivity index (χ1v) is 7.91. The van der Waals surface area contributed by atoms with Crippen LogP contribution in [-0.2, 0) is 26.4 Å². The molecule has 0 radical (unpaired) electrons. The second-order valence-corrected chi connectivity index (χ2v) is 6.20. The number of halogens is 2. The number of rotatable bonds is 3. The first-order chi connectivity index (χ1) is 10.1. The highest BCUT2D eigenvalue weighted by Crippen LogP contribution is 2.28. The molecule has 0 bridgehead atoms. The maximum absolute atomic E-state index is 6.10. The van der Waals surface area contributed by atoms with Gasteiger partial charge in [0, 0.05) is 24.0 Å². The molecule has 1 aliphatic carbocycles. The molecule has 0 spiro atoms. The average molecular weight is 325 g/mol. The fourth-order valence-electron chi connectivity index (χ4n) is 2.80. The van der Waals surface area contributed by atoms with Gasteiger partial charge in [0.05, 0.1) is 11.6 Å². The van der Waals surface area contributed by atoms with Crippen molar-refractivity contribution < 1.29 is 0 Å². The number of aryl methyl sites for hydroxylation is 2. The topological polar surface area (TPSA) is 42.7 Å². The summed E-state index contributed by atoms with van der Waals surface area (Å²) >= 11 is 12.1. The second-order valence-electron chi connectivity index (χ2n) is 5.44. The lowest BCUT2D eigenvalue weighted by Crippen LogP contribution is -2.14. The zero-order valence-electron chi connectivity index (χ0n) is 12.2. The number of nitrogens with one attached hydrogen (secondary N) is 1. The molecule has 2 heterocycles. The highest BCUT2D eigenvalue weighted by molar-refractivity contribution is 6.41. The Kier molecular flexibility index (Phi) is 4.09. The van der Waals surface area contributed by atoms with E-state index in [-0.39, 0.29) is 0 Å². The molecule has 6 heteroatoms. The Morgan fingerprint density at radius 2 is 2.00 bits per heavy atom. The molecule has 2 aromatic rings. The Balaban J connectivity index is 1.85. The predicted octanol–water partition coefficient (Wildman–Crippen LogP) is 3.92. The van der Waals surface area contributed by atoms with Crippen molar-refractivity contribution in [1.82, 2.24) is 14.5 Å². The van der Waals surface area contributed by atoms with Crippen LogP contribution in [0.15, 0.2) is 6.07 Å². The molecule has 0 saturated carbocycles. The molecule has 1 aliphatic rings. The van der Waals surface area contributed by atoms with Gasteiger partial charge in [0.1, 0.15) is 16.8 Å². The molecule has 0 atom stereocenters. The van der Waals surface area contributed by atoms with Crippen LogP contribution < -0.4 is 5.32 Å². The largest absolute Gasteiger partial charge is 0.364 e. The van der Waals surface area contributed by atoms with Crippen molar-refractivity contribution in [3.8, 4) is 0 Å². The highest BCUT2D eigenvalue weighted by atomic mass is 35.5. The Labute approximate surface area is 134 Å². The summed E-state index contributed by atoms with van der Waals surface area (Å²) in [5.74, 6) is 1.77. The van der Waals surface area contributed by atoms with Gasteiger partial charge in [-0.3, -0.25) is 0 Å². The minimum atomic E-state index is 0.564. The Bertz CT molecular complexity index is 679. The van der Waals surface area contributed by atoms with Crippen molar-refractivity contribution in [2.45, 2.75) is 39.2 Å². The van der Waals surface area contributed by atoms with Crippen LogP contribution in [0.4, 0.5) is 5.82 Å². The lowest BCUT2D eigenvalue weighted by molar-refractivity contribution is 0.659. The summed E-state index contributed by atoms with van der Waals surface area (Å²) in [7, 11) is 1.91. The first kappa shape index (κ1) is 14.7. The van der Waals surface area contributed by atoms with Crippen LogP contribution in [0.2, 0.25) is 10.2 Å². The Morgan fingerprint density at radius 1 is 1.24 bits per heavy atom. The summed E-state index contributed by atoms with van der Waals surface area (Å²) in [6.45, 7) is 2.59. The minimum absolute atomic E-state index is 0.564. The molecular formula is C15H18Cl2N4. The normalized spacial score (nSPS) is 14.1. The van der Waals surface area contributed by atoms with E-state index < -0.39 is 0 Å². The van der Waals surface area contributed by atoms with Crippen molar-refractivity contribution in [1.29, 1.82) is 0 Å². The van der Waals surface area contributed by atoms with E-state index in [2.05, 4.69) is 15.3 Å². The van der Waals surface area contributed by atoms with Crippen molar-refractivity contribution >= 4 is 29.0 Å². The number of fused-ring (bicyclic) bond motifs is 1. The standard InChI is InChI=1S/C15H18Cl2N4/c1-9-19-13-6-4-3-5-11(13)15(20-9)18-8-10-7-12(16)14(17)21(10)2/h7H,3-6,8H2,1-2H3,(H,18,19,20). The maximum atomic E-state index is 6.10. The SMILES string of the molecule is Cc1nc2c(c(NCc3cc(Cl)c(Cl)n3C)n1)CCCC2. The summed E-state index contributed by atoms with van der Waals surface area (Å²) in [5, 5.41) is 4.57. The van der Waals surface area contributed by atoms with Crippen molar-refractivity contribution in [3.63, 3.8) is 0 Å². The lowest BCUT2D eigenvalue weighted by atomic mass is 9.96. The summed E-state index contributed by atoms with van der Waals surface area (Å²) in [6.07, 6.45) is 4.52. The first-order valence-electron chi connectivity index (χ1n) is 7.16. The lowest BCUT2D eigenvalue weighted by Gasteiger charge is -2.19. The molecule has 0 aromatic carbocycles. The van der Waals surface area contributed by atoms with E-state index >= 15 is 0 Å². The molecule has 4 nitrogen and oxygen atoms in total. The molecule has 0 amide bonds. The molecule has 3 rings (SSSR count). The van der Waals surface area contributed by atoms with Crippen LogP contribution in [-0.4, -0.2) is 14.5 Å². The van der Waals surface area contributed by atoms with E-state index in [1.165, 1.54) is 24.1 Å². The summed E-state index contributed by atoms with van der Waals surface area (Å²) in [6, 6.07) is 1.89.